The number of nitrogens with zero attached hydrogens (tertiary/aromatic N) is 1. The highest BCUT2D eigenvalue weighted by Gasteiger charge is 2.34. The normalized spacial score (nSPS) is 12.4. The molecule has 0 N–H and O–H groups in total. The van der Waals surface area contributed by atoms with Gasteiger partial charge in [0, 0.05) is 16.5 Å². The highest BCUT2D eigenvalue weighted by molar-refractivity contribution is 7.13. The Morgan fingerprint density at radius 2 is 1.40 bits per heavy atom. The summed E-state index contributed by atoms with van der Waals surface area (Å²) in [7, 11) is 0. The van der Waals surface area contributed by atoms with Crippen molar-refractivity contribution in [2.45, 2.75) is 12.4 Å². The quantitative estimate of drug-likeness (QED) is 0.466. The second-order valence-corrected chi connectivity index (χ2v) is 6.01. The zero-order valence-corrected chi connectivity index (χ0v) is 13.1. The molecule has 0 amide bonds. The monoisotopic (exact) mass is 373 g/mol. The van der Waals surface area contributed by atoms with Crippen LogP contribution in [0, 0.1) is 0 Å². The Hall–Kier alpha value is -2.35. The van der Waals surface area contributed by atoms with Crippen LogP contribution >= 0.6 is 11.3 Å². The lowest BCUT2D eigenvalue weighted by molar-refractivity contribution is -0.138. The van der Waals surface area contributed by atoms with Gasteiger partial charge in [0.05, 0.1) is 16.8 Å². The van der Waals surface area contributed by atoms with E-state index in [1.165, 1.54) is 35.7 Å². The van der Waals surface area contributed by atoms with Crippen molar-refractivity contribution in [3.8, 4) is 21.8 Å². The van der Waals surface area contributed by atoms with E-state index in [9.17, 15) is 26.3 Å². The third kappa shape index (κ3) is 3.68. The zero-order chi connectivity index (χ0) is 18.2. The van der Waals surface area contributed by atoms with E-state index in [-0.39, 0.29) is 10.6 Å². The number of rotatable bonds is 2. The average Bonchev–Trinajstić information content (AvgIpc) is 3.03. The van der Waals surface area contributed by atoms with Gasteiger partial charge in [-0.05, 0) is 18.2 Å². The fourth-order valence-corrected chi connectivity index (χ4v) is 3.14. The van der Waals surface area contributed by atoms with E-state index in [4.69, 9.17) is 0 Å². The lowest BCUT2D eigenvalue weighted by Crippen LogP contribution is -2.06. The van der Waals surface area contributed by atoms with Gasteiger partial charge in [-0.1, -0.05) is 30.3 Å². The van der Waals surface area contributed by atoms with Gasteiger partial charge in [-0.3, -0.25) is 0 Å². The van der Waals surface area contributed by atoms with E-state index in [2.05, 4.69) is 4.98 Å². The summed E-state index contributed by atoms with van der Waals surface area (Å²) >= 11 is 1.00. The molecule has 3 aromatic rings. The molecular weight excluding hydrogens is 364 g/mol. The highest BCUT2D eigenvalue weighted by Crippen LogP contribution is 2.39. The minimum Gasteiger partial charge on any atom is -0.236 e. The molecule has 0 fully saturated rings. The molecule has 0 unspecified atom stereocenters. The summed E-state index contributed by atoms with van der Waals surface area (Å²) in [6.07, 6.45) is -8.96. The van der Waals surface area contributed by atoms with Gasteiger partial charge in [-0.25, -0.2) is 4.98 Å². The van der Waals surface area contributed by atoms with Crippen LogP contribution < -0.4 is 0 Å². The minimum atomic E-state index is -4.52. The number of aromatic nitrogens is 1. The standard InChI is InChI=1S/C17H9F6NS/c18-16(19,20)11-7-5-10(6-8-11)14-9-25-15(24-14)12-3-1-2-4-13(12)17(21,22)23/h1-9H. The van der Waals surface area contributed by atoms with E-state index in [0.29, 0.717) is 11.3 Å². The van der Waals surface area contributed by atoms with Crippen molar-refractivity contribution in [3.63, 3.8) is 0 Å². The summed E-state index contributed by atoms with van der Waals surface area (Å²) in [5.41, 5.74) is -0.929. The maximum absolute atomic E-state index is 13.1. The topological polar surface area (TPSA) is 12.9 Å². The Labute approximate surface area is 142 Å². The van der Waals surface area contributed by atoms with Crippen molar-refractivity contribution in [1.82, 2.24) is 4.98 Å². The molecular formula is C17H9F6NS. The Kier molecular flexibility index (Phi) is 4.32. The Bertz CT molecular complexity index is 877. The van der Waals surface area contributed by atoms with Crippen molar-refractivity contribution < 1.29 is 26.3 Å². The van der Waals surface area contributed by atoms with Crippen LogP contribution in [0.25, 0.3) is 21.8 Å². The van der Waals surface area contributed by atoms with Crippen LogP contribution in [-0.2, 0) is 12.4 Å². The lowest BCUT2D eigenvalue weighted by Gasteiger charge is -2.10. The number of halogens is 6. The molecule has 2 aromatic carbocycles. The zero-order valence-electron chi connectivity index (χ0n) is 12.3. The summed E-state index contributed by atoms with van der Waals surface area (Å²) in [5.74, 6) is 0. The molecule has 25 heavy (non-hydrogen) atoms. The molecule has 1 aromatic heterocycles. The molecule has 0 radical (unpaired) electrons. The van der Waals surface area contributed by atoms with Crippen LogP contribution in [0.5, 0.6) is 0 Å². The third-order valence-electron chi connectivity index (χ3n) is 3.48. The first-order valence-electron chi connectivity index (χ1n) is 6.96. The van der Waals surface area contributed by atoms with Gasteiger partial charge in [0.25, 0.3) is 0 Å². The Morgan fingerprint density at radius 1 is 0.760 bits per heavy atom. The van der Waals surface area contributed by atoms with Crippen LogP contribution in [0.3, 0.4) is 0 Å². The predicted octanol–water partition coefficient (Wildman–Crippen LogP) is 6.51. The molecule has 0 aliphatic carbocycles. The number of benzene rings is 2. The van der Waals surface area contributed by atoms with Crippen molar-refractivity contribution in [2.24, 2.45) is 0 Å². The lowest BCUT2D eigenvalue weighted by atomic mass is 10.1. The Balaban J connectivity index is 1.97. The molecule has 1 nitrogen and oxygen atoms in total. The second kappa shape index (κ2) is 6.18. The van der Waals surface area contributed by atoms with Crippen molar-refractivity contribution in [3.05, 3.63) is 65.0 Å². The van der Waals surface area contributed by atoms with E-state index < -0.39 is 23.5 Å². The van der Waals surface area contributed by atoms with Gasteiger partial charge < -0.3 is 0 Å². The molecule has 0 aliphatic rings. The van der Waals surface area contributed by atoms with Crippen molar-refractivity contribution in [2.75, 3.05) is 0 Å². The molecule has 8 heteroatoms. The van der Waals surface area contributed by atoms with Crippen LogP contribution in [0.2, 0.25) is 0 Å². The largest absolute Gasteiger partial charge is 0.417 e. The molecule has 3 rings (SSSR count). The maximum atomic E-state index is 13.1. The minimum absolute atomic E-state index is 0.0573. The first kappa shape index (κ1) is 17.5. The number of hydrogen-bond donors (Lipinski definition) is 0. The maximum Gasteiger partial charge on any atom is 0.417 e. The smallest absolute Gasteiger partial charge is 0.236 e. The summed E-state index contributed by atoms with van der Waals surface area (Å²) in [6.45, 7) is 0. The van der Waals surface area contributed by atoms with Gasteiger partial charge in [0.15, 0.2) is 0 Å². The van der Waals surface area contributed by atoms with Crippen LogP contribution in [0.1, 0.15) is 11.1 Å². The van der Waals surface area contributed by atoms with Gasteiger partial charge in [0.1, 0.15) is 5.01 Å². The van der Waals surface area contributed by atoms with E-state index >= 15 is 0 Å². The van der Waals surface area contributed by atoms with Crippen molar-refractivity contribution in [1.29, 1.82) is 0 Å². The van der Waals surface area contributed by atoms with Gasteiger partial charge >= 0.3 is 12.4 Å². The SMILES string of the molecule is FC(F)(F)c1ccc(-c2csc(-c3ccccc3C(F)(F)F)n2)cc1. The average molecular weight is 373 g/mol. The molecule has 0 spiro atoms. The second-order valence-electron chi connectivity index (χ2n) is 5.16. The van der Waals surface area contributed by atoms with Gasteiger partial charge in [0.2, 0.25) is 0 Å². The van der Waals surface area contributed by atoms with Gasteiger partial charge in [-0.15, -0.1) is 11.3 Å². The first-order valence-corrected chi connectivity index (χ1v) is 7.84. The fraction of sp³-hybridized carbons (Fsp3) is 0.118. The molecule has 0 aliphatic heterocycles. The molecule has 0 saturated heterocycles. The van der Waals surface area contributed by atoms with E-state index in [1.807, 2.05) is 0 Å². The van der Waals surface area contributed by atoms with Crippen LogP contribution in [-0.4, -0.2) is 4.98 Å². The third-order valence-corrected chi connectivity index (χ3v) is 4.35. The molecule has 130 valence electrons. The Morgan fingerprint density at radius 3 is 2.00 bits per heavy atom. The number of alkyl halides is 6. The summed E-state index contributed by atoms with van der Waals surface area (Å²) in [4.78, 5) is 4.15. The predicted molar refractivity (Wildman–Crippen MR) is 83.0 cm³/mol. The first-order chi connectivity index (χ1) is 11.7. The highest BCUT2D eigenvalue weighted by atomic mass is 32.1. The fourth-order valence-electron chi connectivity index (χ4n) is 2.28. The molecule has 0 saturated carbocycles. The number of thiazole rings is 1. The van der Waals surface area contributed by atoms with Crippen LogP contribution in [0.4, 0.5) is 26.3 Å². The van der Waals surface area contributed by atoms with E-state index in [1.54, 1.807) is 0 Å². The number of hydrogen-bond acceptors (Lipinski definition) is 2. The summed E-state index contributed by atoms with van der Waals surface area (Å²) in [6, 6.07) is 9.37. The molecule has 0 atom stereocenters. The van der Waals surface area contributed by atoms with E-state index in [0.717, 1.165) is 29.5 Å². The molecule has 0 bridgehead atoms. The molecule has 1 heterocycles. The summed E-state index contributed by atoms with van der Waals surface area (Å²) < 4.78 is 77.0. The summed E-state index contributed by atoms with van der Waals surface area (Å²) in [5, 5.41) is 1.67. The van der Waals surface area contributed by atoms with Crippen LogP contribution in [0.15, 0.2) is 53.9 Å². The van der Waals surface area contributed by atoms with Gasteiger partial charge in [-0.2, -0.15) is 26.3 Å². The van der Waals surface area contributed by atoms with Crippen molar-refractivity contribution >= 4 is 11.3 Å².